The first-order valence-corrected chi connectivity index (χ1v) is 5.95. The number of anilines is 1. The fourth-order valence-electron chi connectivity index (χ4n) is 2.29. The Balaban J connectivity index is 2.11. The van der Waals surface area contributed by atoms with Crippen molar-refractivity contribution in [3.63, 3.8) is 0 Å². The molecule has 0 aromatic carbocycles. The zero-order valence-electron chi connectivity index (χ0n) is 10.2. The Labute approximate surface area is 108 Å². The molecule has 0 unspecified atom stereocenters. The van der Waals surface area contributed by atoms with Crippen molar-refractivity contribution in [3.05, 3.63) is 34.3 Å². The smallest absolute Gasteiger partial charge is 0.294 e. The molecule has 4 N–H and O–H groups in total. The van der Waals surface area contributed by atoms with E-state index >= 15 is 0 Å². The van der Waals surface area contributed by atoms with Gasteiger partial charge in [-0.05, 0) is 18.6 Å². The predicted octanol–water partition coefficient (Wildman–Crippen LogP) is -0.310. The minimum Gasteiger partial charge on any atom is -0.397 e. The number of fused-ring (bicyclic) bond motifs is 1. The lowest BCUT2D eigenvalue weighted by atomic mass is 10.1. The van der Waals surface area contributed by atoms with E-state index in [0.717, 1.165) is 6.42 Å². The Kier molecular flexibility index (Phi) is 2.41. The van der Waals surface area contributed by atoms with E-state index in [1.165, 1.54) is 18.2 Å². The first-order chi connectivity index (χ1) is 9.08. The van der Waals surface area contributed by atoms with Crippen molar-refractivity contribution >= 4 is 23.0 Å². The van der Waals surface area contributed by atoms with Crippen LogP contribution in [0.4, 0.5) is 11.5 Å². The highest BCUT2D eigenvalue weighted by Crippen LogP contribution is 2.23. The molecule has 0 saturated carbocycles. The van der Waals surface area contributed by atoms with E-state index in [2.05, 4.69) is 4.99 Å². The lowest BCUT2D eigenvalue weighted by Crippen LogP contribution is -2.18. The molecule has 1 aliphatic carbocycles. The van der Waals surface area contributed by atoms with Crippen LogP contribution in [0.25, 0.3) is 0 Å². The number of rotatable bonds is 1. The topological polar surface area (TPSA) is 108 Å². The fourth-order valence-corrected chi connectivity index (χ4v) is 2.29. The third-order valence-corrected chi connectivity index (χ3v) is 3.22. The van der Waals surface area contributed by atoms with E-state index in [1.807, 2.05) is 0 Å². The second-order valence-electron chi connectivity index (χ2n) is 4.47. The molecule has 98 valence electrons. The van der Waals surface area contributed by atoms with E-state index in [4.69, 9.17) is 11.5 Å². The van der Waals surface area contributed by atoms with Crippen molar-refractivity contribution in [2.75, 3.05) is 5.73 Å². The van der Waals surface area contributed by atoms with Gasteiger partial charge in [0, 0.05) is 19.2 Å². The second kappa shape index (κ2) is 3.98. The molecule has 0 radical (unpaired) electrons. The SMILES string of the molecule is NC1=CC(=O)C=C/C1=N\c1c(N)n2n(c1=O)CCC2. The largest absolute Gasteiger partial charge is 0.397 e. The van der Waals surface area contributed by atoms with Crippen LogP contribution >= 0.6 is 0 Å². The van der Waals surface area contributed by atoms with Crippen LogP contribution in [-0.4, -0.2) is 20.9 Å². The molecule has 0 spiro atoms. The van der Waals surface area contributed by atoms with Gasteiger partial charge in [-0.2, -0.15) is 0 Å². The molecular weight excluding hydrogens is 246 g/mol. The summed E-state index contributed by atoms with van der Waals surface area (Å²) >= 11 is 0. The third-order valence-electron chi connectivity index (χ3n) is 3.22. The van der Waals surface area contributed by atoms with Gasteiger partial charge < -0.3 is 11.5 Å². The standard InChI is InChI=1S/C12H13N5O2/c13-8-6-7(18)2-3-9(8)15-10-11(14)16-4-1-5-17(16)12(10)19/h2-3,6H,1,4-5,13-14H2/b15-9+. The normalized spacial score (nSPS) is 19.9. The molecular formula is C12H13N5O2. The van der Waals surface area contributed by atoms with Gasteiger partial charge in [-0.1, -0.05) is 0 Å². The second-order valence-corrected chi connectivity index (χ2v) is 4.47. The average molecular weight is 259 g/mol. The van der Waals surface area contributed by atoms with Crippen LogP contribution in [0.1, 0.15) is 6.42 Å². The number of carbonyl (C=O) groups excluding carboxylic acids is 1. The molecule has 0 saturated heterocycles. The summed E-state index contributed by atoms with van der Waals surface area (Å²) in [4.78, 5) is 27.5. The van der Waals surface area contributed by atoms with E-state index in [0.29, 0.717) is 24.6 Å². The van der Waals surface area contributed by atoms with Crippen LogP contribution in [0, 0.1) is 0 Å². The molecule has 19 heavy (non-hydrogen) atoms. The van der Waals surface area contributed by atoms with Gasteiger partial charge in [0.1, 0.15) is 0 Å². The first-order valence-electron chi connectivity index (χ1n) is 5.95. The number of hydrogen-bond acceptors (Lipinski definition) is 5. The van der Waals surface area contributed by atoms with Gasteiger partial charge in [-0.25, -0.2) is 9.67 Å². The third kappa shape index (κ3) is 1.70. The molecule has 1 aliphatic heterocycles. The fraction of sp³-hybridized carbons (Fsp3) is 0.250. The lowest BCUT2D eigenvalue weighted by molar-refractivity contribution is -0.110. The summed E-state index contributed by atoms with van der Waals surface area (Å²) in [6.07, 6.45) is 5.01. The van der Waals surface area contributed by atoms with Crippen molar-refractivity contribution in [1.29, 1.82) is 0 Å². The van der Waals surface area contributed by atoms with Gasteiger partial charge in [0.15, 0.2) is 17.3 Å². The minimum absolute atomic E-state index is 0.185. The highest BCUT2D eigenvalue weighted by atomic mass is 16.1. The summed E-state index contributed by atoms with van der Waals surface area (Å²) in [6, 6.07) is 0. The van der Waals surface area contributed by atoms with E-state index in [1.54, 1.807) is 9.36 Å². The van der Waals surface area contributed by atoms with Gasteiger partial charge in [-0.15, -0.1) is 0 Å². The number of aliphatic imine (C=N–C) groups is 1. The maximum Gasteiger partial charge on any atom is 0.294 e. The number of hydrogen-bond donors (Lipinski definition) is 2. The van der Waals surface area contributed by atoms with Gasteiger partial charge in [0.25, 0.3) is 5.56 Å². The van der Waals surface area contributed by atoms with Crippen LogP contribution in [0.5, 0.6) is 0 Å². The zero-order valence-corrected chi connectivity index (χ0v) is 10.2. The molecule has 7 heteroatoms. The van der Waals surface area contributed by atoms with Crippen LogP contribution in [0.2, 0.25) is 0 Å². The maximum absolute atomic E-state index is 12.1. The Hall–Kier alpha value is -2.57. The minimum atomic E-state index is -0.222. The van der Waals surface area contributed by atoms with Crippen molar-refractivity contribution in [3.8, 4) is 0 Å². The Morgan fingerprint density at radius 2 is 1.84 bits per heavy atom. The molecule has 1 aromatic rings. The maximum atomic E-state index is 12.1. The highest BCUT2D eigenvalue weighted by molar-refractivity contribution is 6.19. The van der Waals surface area contributed by atoms with Crippen LogP contribution in [0.3, 0.4) is 0 Å². The van der Waals surface area contributed by atoms with Gasteiger partial charge in [-0.3, -0.25) is 14.3 Å². The molecule has 1 aromatic heterocycles. The summed E-state index contributed by atoms with van der Waals surface area (Å²) in [6.45, 7) is 1.36. The van der Waals surface area contributed by atoms with Crippen LogP contribution in [0.15, 0.2) is 33.7 Å². The average Bonchev–Trinajstić information content (AvgIpc) is 2.92. The monoisotopic (exact) mass is 259 g/mol. The number of nitrogen functional groups attached to an aromatic ring is 1. The molecule has 2 aliphatic rings. The van der Waals surface area contributed by atoms with E-state index in [-0.39, 0.29) is 22.7 Å². The summed E-state index contributed by atoms with van der Waals surface area (Å²) in [5, 5.41) is 0. The lowest BCUT2D eigenvalue weighted by Gasteiger charge is -2.05. The van der Waals surface area contributed by atoms with Crippen LogP contribution < -0.4 is 17.0 Å². The molecule has 2 heterocycles. The van der Waals surface area contributed by atoms with Gasteiger partial charge in [0.2, 0.25) is 0 Å². The Morgan fingerprint density at radius 3 is 2.53 bits per heavy atom. The number of nitrogens with zero attached hydrogens (tertiary/aromatic N) is 3. The molecule has 0 amide bonds. The van der Waals surface area contributed by atoms with Gasteiger partial charge >= 0.3 is 0 Å². The quantitative estimate of drug-likeness (QED) is 0.674. The van der Waals surface area contributed by atoms with Crippen molar-refractivity contribution in [2.45, 2.75) is 19.5 Å². The van der Waals surface area contributed by atoms with Crippen LogP contribution in [-0.2, 0) is 17.9 Å². The first kappa shape index (κ1) is 11.5. The molecule has 3 rings (SSSR count). The molecule has 0 fully saturated rings. The molecule has 7 nitrogen and oxygen atoms in total. The Morgan fingerprint density at radius 1 is 1.11 bits per heavy atom. The van der Waals surface area contributed by atoms with Crippen molar-refractivity contribution < 1.29 is 4.79 Å². The number of ketones is 1. The summed E-state index contributed by atoms with van der Waals surface area (Å²) in [5.74, 6) is 0.147. The van der Waals surface area contributed by atoms with Gasteiger partial charge in [0.05, 0.1) is 11.4 Å². The summed E-state index contributed by atoms with van der Waals surface area (Å²) < 4.78 is 3.30. The number of carbonyl (C=O) groups is 1. The molecule has 0 bridgehead atoms. The zero-order chi connectivity index (χ0) is 13.6. The van der Waals surface area contributed by atoms with Crippen molar-refractivity contribution in [1.82, 2.24) is 9.36 Å². The number of allylic oxidation sites excluding steroid dienone is 3. The summed E-state index contributed by atoms with van der Waals surface area (Å²) in [7, 11) is 0. The van der Waals surface area contributed by atoms with Crippen molar-refractivity contribution in [2.24, 2.45) is 10.7 Å². The van der Waals surface area contributed by atoms with E-state index in [9.17, 15) is 9.59 Å². The highest BCUT2D eigenvalue weighted by Gasteiger charge is 2.21. The number of nitrogens with two attached hydrogens (primary N) is 2. The Bertz CT molecular complexity index is 717. The summed E-state index contributed by atoms with van der Waals surface area (Å²) in [5.41, 5.74) is 12.2. The molecule has 0 atom stereocenters. The van der Waals surface area contributed by atoms with E-state index < -0.39 is 0 Å². The number of aromatic nitrogens is 2. The predicted molar refractivity (Wildman–Crippen MR) is 71.2 cm³/mol.